The third-order valence-corrected chi connectivity index (χ3v) is 4.33. The van der Waals surface area contributed by atoms with Gasteiger partial charge in [0.1, 0.15) is 0 Å². The number of hydrogen-bond donors (Lipinski definition) is 1. The maximum atomic E-state index is 6.26. The first-order valence-electron chi connectivity index (χ1n) is 6.38. The highest BCUT2D eigenvalue weighted by molar-refractivity contribution is 6.39. The van der Waals surface area contributed by atoms with Crippen molar-refractivity contribution in [3.63, 3.8) is 0 Å². The summed E-state index contributed by atoms with van der Waals surface area (Å²) in [6.45, 7) is 0. The molecule has 3 rings (SSSR count). The smallest absolute Gasteiger partial charge is 0.230 e. The van der Waals surface area contributed by atoms with Crippen LogP contribution in [0.1, 0.15) is 37.3 Å². The zero-order chi connectivity index (χ0) is 13.4. The van der Waals surface area contributed by atoms with E-state index >= 15 is 0 Å². The predicted octanol–water partition coefficient (Wildman–Crippen LogP) is 4.89. The standard InChI is InChI=1S/C14H14Cl2N2O/c15-9-6-3-7-10(16)11(9)12-13(18-19-14(12)17)8-4-1-2-5-8/h3,6-8H,1-2,4-5,17H2. The molecule has 0 amide bonds. The van der Waals surface area contributed by atoms with Crippen molar-refractivity contribution in [2.24, 2.45) is 0 Å². The van der Waals surface area contributed by atoms with Crippen LogP contribution in [0.2, 0.25) is 10.0 Å². The molecule has 1 fully saturated rings. The molecule has 2 aromatic rings. The van der Waals surface area contributed by atoms with Gasteiger partial charge in [-0.1, -0.05) is 47.3 Å². The molecule has 100 valence electrons. The third kappa shape index (κ3) is 2.21. The van der Waals surface area contributed by atoms with Gasteiger partial charge in [0.2, 0.25) is 5.88 Å². The number of aromatic nitrogens is 1. The molecular weight excluding hydrogens is 283 g/mol. The van der Waals surface area contributed by atoms with Crippen LogP contribution in [0, 0.1) is 0 Å². The lowest BCUT2D eigenvalue weighted by atomic mass is 9.95. The first-order valence-corrected chi connectivity index (χ1v) is 7.13. The first kappa shape index (κ1) is 12.8. The fraction of sp³-hybridized carbons (Fsp3) is 0.357. The molecule has 0 unspecified atom stereocenters. The Kier molecular flexibility index (Phi) is 3.42. The van der Waals surface area contributed by atoms with E-state index in [1.165, 1.54) is 12.8 Å². The molecule has 1 aromatic carbocycles. The average molecular weight is 297 g/mol. The van der Waals surface area contributed by atoms with Crippen molar-refractivity contribution < 1.29 is 4.52 Å². The lowest BCUT2D eigenvalue weighted by Gasteiger charge is -2.10. The number of nitrogens with two attached hydrogens (primary N) is 1. The van der Waals surface area contributed by atoms with Gasteiger partial charge in [-0.25, -0.2) is 0 Å². The van der Waals surface area contributed by atoms with Crippen molar-refractivity contribution in [3.8, 4) is 11.1 Å². The molecule has 1 heterocycles. The molecule has 1 aromatic heterocycles. The van der Waals surface area contributed by atoms with E-state index in [0.717, 1.165) is 29.7 Å². The van der Waals surface area contributed by atoms with Crippen molar-refractivity contribution in [1.82, 2.24) is 5.16 Å². The van der Waals surface area contributed by atoms with E-state index in [2.05, 4.69) is 5.16 Å². The number of nitrogens with zero attached hydrogens (tertiary/aromatic N) is 1. The Morgan fingerprint density at radius 2 is 1.74 bits per heavy atom. The highest BCUT2D eigenvalue weighted by Gasteiger charge is 2.28. The Balaban J connectivity index is 2.16. The van der Waals surface area contributed by atoms with E-state index in [1.807, 2.05) is 6.07 Å². The second kappa shape index (κ2) is 5.06. The molecular formula is C14H14Cl2N2O. The van der Waals surface area contributed by atoms with Crippen molar-refractivity contribution in [3.05, 3.63) is 33.9 Å². The van der Waals surface area contributed by atoms with E-state index in [0.29, 0.717) is 16.0 Å². The largest absolute Gasteiger partial charge is 0.367 e. The monoisotopic (exact) mass is 296 g/mol. The van der Waals surface area contributed by atoms with Crippen LogP contribution in [0.4, 0.5) is 5.88 Å². The molecule has 3 nitrogen and oxygen atoms in total. The number of halogens is 2. The minimum atomic E-state index is 0.289. The summed E-state index contributed by atoms with van der Waals surface area (Å²) in [6, 6.07) is 5.41. The van der Waals surface area contributed by atoms with Crippen LogP contribution in [0.3, 0.4) is 0 Å². The van der Waals surface area contributed by atoms with Gasteiger partial charge in [0.25, 0.3) is 0 Å². The fourth-order valence-corrected chi connectivity index (χ4v) is 3.37. The van der Waals surface area contributed by atoms with Crippen LogP contribution in [0.25, 0.3) is 11.1 Å². The van der Waals surface area contributed by atoms with Crippen LogP contribution < -0.4 is 5.73 Å². The van der Waals surface area contributed by atoms with Gasteiger partial charge in [0.05, 0.1) is 21.3 Å². The van der Waals surface area contributed by atoms with E-state index in [-0.39, 0.29) is 5.88 Å². The number of hydrogen-bond acceptors (Lipinski definition) is 3. The highest BCUT2D eigenvalue weighted by atomic mass is 35.5. The maximum absolute atomic E-state index is 6.26. The molecule has 0 spiro atoms. The quantitative estimate of drug-likeness (QED) is 0.858. The number of anilines is 1. The molecule has 1 saturated carbocycles. The fourth-order valence-electron chi connectivity index (χ4n) is 2.78. The van der Waals surface area contributed by atoms with Gasteiger partial charge in [0, 0.05) is 11.5 Å². The van der Waals surface area contributed by atoms with Gasteiger partial charge in [-0.3, -0.25) is 0 Å². The summed E-state index contributed by atoms with van der Waals surface area (Å²) in [5.74, 6) is 0.681. The summed E-state index contributed by atoms with van der Waals surface area (Å²) in [5.41, 5.74) is 8.32. The minimum absolute atomic E-state index is 0.289. The molecule has 0 aliphatic heterocycles. The van der Waals surface area contributed by atoms with Gasteiger partial charge >= 0.3 is 0 Å². The van der Waals surface area contributed by atoms with Crippen molar-refractivity contribution >= 4 is 29.1 Å². The zero-order valence-corrected chi connectivity index (χ0v) is 11.8. The molecule has 0 bridgehead atoms. The summed E-state index contributed by atoms with van der Waals surface area (Å²) in [5, 5.41) is 5.28. The Morgan fingerprint density at radius 3 is 2.37 bits per heavy atom. The zero-order valence-electron chi connectivity index (χ0n) is 10.3. The van der Waals surface area contributed by atoms with Gasteiger partial charge in [0.15, 0.2) is 0 Å². The molecule has 2 N–H and O–H groups in total. The second-order valence-corrected chi connectivity index (χ2v) is 5.70. The van der Waals surface area contributed by atoms with E-state index < -0.39 is 0 Å². The molecule has 1 aliphatic rings. The normalized spacial score (nSPS) is 16.1. The van der Waals surface area contributed by atoms with Crippen molar-refractivity contribution in [2.45, 2.75) is 31.6 Å². The van der Waals surface area contributed by atoms with Crippen LogP contribution in [0.15, 0.2) is 22.7 Å². The van der Waals surface area contributed by atoms with Crippen LogP contribution in [-0.4, -0.2) is 5.16 Å². The molecule has 0 atom stereocenters. The summed E-state index contributed by atoms with van der Waals surface area (Å²) >= 11 is 12.5. The van der Waals surface area contributed by atoms with Crippen LogP contribution in [-0.2, 0) is 0 Å². The minimum Gasteiger partial charge on any atom is -0.367 e. The Bertz CT molecular complexity index is 583. The molecule has 5 heteroatoms. The van der Waals surface area contributed by atoms with Gasteiger partial charge < -0.3 is 10.3 Å². The van der Waals surface area contributed by atoms with E-state index in [1.54, 1.807) is 12.1 Å². The maximum Gasteiger partial charge on any atom is 0.230 e. The van der Waals surface area contributed by atoms with Gasteiger partial charge in [-0.15, -0.1) is 0 Å². The van der Waals surface area contributed by atoms with Crippen LogP contribution in [0.5, 0.6) is 0 Å². The van der Waals surface area contributed by atoms with Gasteiger partial charge in [-0.2, -0.15) is 0 Å². The van der Waals surface area contributed by atoms with E-state index in [9.17, 15) is 0 Å². The van der Waals surface area contributed by atoms with Crippen LogP contribution >= 0.6 is 23.2 Å². The summed E-state index contributed by atoms with van der Waals surface area (Å²) < 4.78 is 5.18. The summed E-state index contributed by atoms with van der Waals surface area (Å²) in [7, 11) is 0. The van der Waals surface area contributed by atoms with Gasteiger partial charge in [-0.05, 0) is 25.0 Å². The van der Waals surface area contributed by atoms with Crippen molar-refractivity contribution in [2.75, 3.05) is 5.73 Å². The molecule has 19 heavy (non-hydrogen) atoms. The number of benzene rings is 1. The number of rotatable bonds is 2. The Hall–Kier alpha value is -1.19. The predicted molar refractivity (Wildman–Crippen MR) is 77.6 cm³/mol. The second-order valence-electron chi connectivity index (χ2n) is 4.89. The Morgan fingerprint density at radius 1 is 1.11 bits per heavy atom. The molecule has 0 radical (unpaired) electrons. The summed E-state index contributed by atoms with van der Waals surface area (Å²) in [4.78, 5) is 0. The molecule has 0 saturated heterocycles. The topological polar surface area (TPSA) is 52.0 Å². The average Bonchev–Trinajstić information content (AvgIpc) is 2.99. The number of nitrogen functional groups attached to an aromatic ring is 1. The van der Waals surface area contributed by atoms with Crippen molar-refractivity contribution in [1.29, 1.82) is 0 Å². The van der Waals surface area contributed by atoms with E-state index in [4.69, 9.17) is 33.5 Å². The highest BCUT2D eigenvalue weighted by Crippen LogP contribution is 2.45. The lowest BCUT2D eigenvalue weighted by Crippen LogP contribution is -1.97. The first-order chi connectivity index (χ1) is 9.18. The summed E-state index contributed by atoms with van der Waals surface area (Å²) in [6.07, 6.45) is 4.66. The lowest BCUT2D eigenvalue weighted by molar-refractivity contribution is 0.420. The Labute approximate surface area is 121 Å². The third-order valence-electron chi connectivity index (χ3n) is 3.70. The molecule has 1 aliphatic carbocycles. The SMILES string of the molecule is Nc1onc(C2CCCC2)c1-c1c(Cl)cccc1Cl.